The van der Waals surface area contributed by atoms with Gasteiger partial charge in [0.1, 0.15) is 35.1 Å². The van der Waals surface area contributed by atoms with Gasteiger partial charge in [-0.15, -0.1) is 0 Å². The average molecular weight is 1820 g/mol. The highest BCUT2D eigenvalue weighted by Gasteiger charge is 2.56. The highest BCUT2D eigenvalue weighted by atomic mass is 79.9. The third kappa shape index (κ3) is 31.7. The zero-order chi connectivity index (χ0) is 87.4. The second kappa shape index (κ2) is 38.5. The van der Waals surface area contributed by atoms with Crippen LogP contribution < -0.4 is 21.8 Å². The van der Waals surface area contributed by atoms with Crippen LogP contribution in [0.2, 0.25) is 0 Å². The van der Waals surface area contributed by atoms with Crippen LogP contribution in [0.25, 0.3) is 11.1 Å². The lowest BCUT2D eigenvalue weighted by Gasteiger charge is -2.32. The molecule has 2 aliphatic carbocycles. The Morgan fingerprint density at radius 1 is 0.518 bits per heavy atom. The molecule has 5 aromatic rings. The number of nitrogens with one attached hydrogen (secondary N) is 2. The number of rotatable bonds is 27. The van der Waals surface area contributed by atoms with Crippen LogP contribution in [0.4, 0.5) is 65.9 Å². The predicted octanol–water partition coefficient (Wildman–Crippen LogP) is 17.5. The molecule has 632 valence electrons. The molecule has 0 aromatic heterocycles. The van der Waals surface area contributed by atoms with Gasteiger partial charge in [0.2, 0.25) is 0 Å². The number of esters is 1. The van der Waals surface area contributed by atoms with Crippen molar-refractivity contribution in [3.05, 3.63) is 147 Å². The van der Waals surface area contributed by atoms with Crippen molar-refractivity contribution in [3.8, 4) is 23.3 Å². The minimum absolute atomic E-state index is 0.00810. The van der Waals surface area contributed by atoms with E-state index in [-0.39, 0.29) is 41.9 Å². The average Bonchev–Trinajstić information content (AvgIpc) is 1.45. The maximum Gasteiger partial charge on any atom is 0.523 e. The van der Waals surface area contributed by atoms with Crippen LogP contribution in [-0.4, -0.2) is 139 Å². The largest absolute Gasteiger partial charge is 0.523 e. The van der Waals surface area contributed by atoms with Crippen molar-refractivity contribution in [1.29, 1.82) is 10.5 Å². The fourth-order valence-electron chi connectivity index (χ4n) is 10.8. The van der Waals surface area contributed by atoms with E-state index in [4.69, 9.17) is 20.3 Å². The molecule has 8 rings (SSSR count). The monoisotopic (exact) mass is 1820 g/mol. The number of hydrogen-bond acceptors (Lipinski definition) is 18. The number of ether oxygens (including phenoxy) is 1. The summed E-state index contributed by atoms with van der Waals surface area (Å²) >= 11 is 6.09. The fourth-order valence-corrected chi connectivity index (χ4v) is 13.2. The number of carbonyl (C=O) groups excluding carboxylic acids is 3. The van der Waals surface area contributed by atoms with Crippen molar-refractivity contribution in [3.63, 3.8) is 0 Å². The summed E-state index contributed by atoms with van der Waals surface area (Å²) < 4.78 is 287. The topological polar surface area (TPSA) is 288 Å². The van der Waals surface area contributed by atoms with Crippen LogP contribution in [0.15, 0.2) is 140 Å². The van der Waals surface area contributed by atoms with Gasteiger partial charge in [-0.1, -0.05) is 105 Å². The summed E-state index contributed by atoms with van der Waals surface area (Å²) in [5.74, 6) is -1.72. The second-order valence-electron chi connectivity index (χ2n) is 30.5. The maximum absolute atomic E-state index is 14.4. The first-order valence-electron chi connectivity index (χ1n) is 34.8. The SMILES string of the molecule is CC(C)(F)C[C@H](N[C@@H](c1ccc(-c2ccc(S(C)(=O)=O)cc2)cc1)C(F)(F)F)C(=O)CC1(C#N)CC1.CC(C)(F)C[C@H](N[C@@H](c1ccc(Br)cc1)C(F)(F)F)C(=O)CC1(C#N)CC1.CC1(C)OB(c2ccc(S(C)(=O)=O)cc2)OC1(C)C.CCOC(=O)[C@@H](N)CC(C)(C)F.O=S(=O)(O[C@H](c1ccc(Br)cc1)C(F)(F)F)C(F)(F)F. The Bertz CT molecular complexity index is 4490. The van der Waals surface area contributed by atoms with E-state index in [0.717, 1.165) is 36.0 Å². The number of benzene rings is 5. The van der Waals surface area contributed by atoms with Gasteiger partial charge in [0, 0.05) is 53.6 Å². The highest BCUT2D eigenvalue weighted by Crippen LogP contribution is 2.50. The van der Waals surface area contributed by atoms with Crippen LogP contribution in [0.3, 0.4) is 0 Å². The first-order chi connectivity index (χ1) is 51.6. The number of nitriles is 2. The number of alkyl halides is 15. The van der Waals surface area contributed by atoms with E-state index in [1.54, 1.807) is 43.3 Å². The lowest BCUT2D eigenvalue weighted by atomic mass is 9.79. The second-order valence-corrected chi connectivity index (χ2v) is 37.9. The number of halogens is 17. The van der Waals surface area contributed by atoms with Crippen LogP contribution in [0.5, 0.6) is 0 Å². The summed E-state index contributed by atoms with van der Waals surface area (Å²) in [6.45, 7) is 17.5. The van der Waals surface area contributed by atoms with Gasteiger partial charge in [0.15, 0.2) is 37.3 Å². The van der Waals surface area contributed by atoms with E-state index in [1.165, 1.54) is 108 Å². The summed E-state index contributed by atoms with van der Waals surface area (Å²) in [6.07, 6.45) is -14.9. The summed E-state index contributed by atoms with van der Waals surface area (Å²) in [4.78, 5) is 36.8. The summed E-state index contributed by atoms with van der Waals surface area (Å²) in [6, 6.07) is 23.6. The number of nitrogens with zero attached hydrogens (tertiary/aromatic N) is 2. The van der Waals surface area contributed by atoms with Gasteiger partial charge in [-0.05, 0) is 184 Å². The quantitative estimate of drug-likeness (QED) is 0.0145. The van der Waals surface area contributed by atoms with Gasteiger partial charge in [0.25, 0.3) is 0 Å². The molecule has 6 atom stereocenters. The van der Waals surface area contributed by atoms with Crippen molar-refractivity contribution in [2.75, 3.05) is 19.1 Å². The van der Waals surface area contributed by atoms with Gasteiger partial charge in [-0.25, -0.2) is 34.2 Å². The van der Waals surface area contributed by atoms with Gasteiger partial charge in [0.05, 0.1) is 62.7 Å². The molecule has 1 aliphatic heterocycles. The molecule has 0 radical (unpaired) electrons. The summed E-state index contributed by atoms with van der Waals surface area (Å²) in [5, 5.41) is 23.1. The molecule has 39 heteroatoms. The Morgan fingerprint density at radius 3 is 1.11 bits per heavy atom. The molecule has 0 spiro atoms. The molecule has 1 saturated heterocycles. The Balaban J connectivity index is 0.000000314. The van der Waals surface area contributed by atoms with E-state index >= 15 is 0 Å². The fraction of sp³-hybridized carbons (Fsp3) is 0.533. The van der Waals surface area contributed by atoms with E-state index in [2.05, 4.69) is 63.6 Å². The molecule has 2 saturated carbocycles. The lowest BCUT2D eigenvalue weighted by Crippen LogP contribution is -2.47. The van der Waals surface area contributed by atoms with Crippen molar-refractivity contribution in [2.24, 2.45) is 16.6 Å². The molecule has 3 aliphatic rings. The standard InChI is InChI=1S/C26H28F4N2O3S.C19H21BrF4N2O.C13H19BO4S.C9H5BrF6O3S.C8H16FNO2/c1-24(2,27)14-21(22(33)15-25(16-31)12-13-25)32-23(26(28,29)30)19-6-4-17(5-7-19)18-8-10-20(11-9-18)36(3,34)35;1-17(2,21)9-14(15(27)10-18(11-25)7-8-18)26-16(19(22,23)24)12-3-5-13(20)6-4-12;1-12(2)13(3,4)18-14(17-12)10-6-8-11(9-7-10)19(5,15)16;10-6-3-1-5(2-4-6)7(8(11,12)13)19-20(17,18)9(14,15)16;1-4-12-7(11)6(10)5-8(2,3)9/h4-11,21,23,32H,12-15H2,1-3H3;3-6,14,16,26H,7-10H2,1-2H3;6-9H,1-5H3;1-4,7H;6H,4-5,10H2,1-3H3/t21-,23-;14-,16-;;7-;6-/m00.10/s1. The summed E-state index contributed by atoms with van der Waals surface area (Å²) in [7, 11) is -13.4. The molecule has 5 aromatic carbocycles. The Morgan fingerprint density at radius 2 is 0.833 bits per heavy atom. The van der Waals surface area contributed by atoms with E-state index < -0.39 is 172 Å². The van der Waals surface area contributed by atoms with E-state index in [1.807, 2.05) is 27.7 Å². The summed E-state index contributed by atoms with van der Waals surface area (Å²) in [5.41, 5.74) is -7.18. The molecule has 3 fully saturated rings. The normalized spacial score (nSPS) is 17.5. The smallest absolute Gasteiger partial charge is 0.465 e. The zero-order valence-electron chi connectivity index (χ0n) is 64.1. The number of hydrogen-bond donors (Lipinski definition) is 3. The van der Waals surface area contributed by atoms with Crippen LogP contribution in [-0.2, 0) is 62.4 Å². The highest BCUT2D eigenvalue weighted by molar-refractivity contribution is 9.10. The number of ketones is 2. The van der Waals surface area contributed by atoms with Crippen LogP contribution in [0.1, 0.15) is 169 Å². The first kappa shape index (κ1) is 99.8. The van der Waals surface area contributed by atoms with Gasteiger partial charge >= 0.3 is 47.2 Å². The van der Waals surface area contributed by atoms with Crippen LogP contribution >= 0.6 is 31.9 Å². The maximum atomic E-state index is 14.4. The molecule has 18 nitrogen and oxygen atoms in total. The van der Waals surface area contributed by atoms with Crippen LogP contribution in [0, 0.1) is 33.5 Å². The van der Waals surface area contributed by atoms with Gasteiger partial charge in [-0.2, -0.15) is 71.6 Å². The molecule has 114 heavy (non-hydrogen) atoms. The Kier molecular flexibility index (Phi) is 33.7. The number of nitrogens with two attached hydrogens (primary N) is 1. The predicted molar refractivity (Wildman–Crippen MR) is 403 cm³/mol. The molecular weight excluding hydrogens is 1730 g/mol. The zero-order valence-corrected chi connectivity index (χ0v) is 69.7. The minimum atomic E-state index is -6.37. The third-order valence-electron chi connectivity index (χ3n) is 17.9. The van der Waals surface area contributed by atoms with E-state index in [0.29, 0.717) is 50.7 Å². The minimum Gasteiger partial charge on any atom is -0.465 e. The molecular formula is C75H89BBr2F15N5O13S3. The number of sulfone groups is 2. The molecule has 0 bridgehead atoms. The molecule has 1 heterocycles. The number of Topliss-reactive ketones (excluding diaryl/α,β-unsaturated/α-hetero) is 2. The Labute approximate surface area is 670 Å². The Hall–Kier alpha value is -6.53. The van der Waals surface area contributed by atoms with Crippen molar-refractivity contribution in [2.45, 2.75) is 232 Å². The van der Waals surface area contributed by atoms with Gasteiger partial charge in [-0.3, -0.25) is 25.0 Å². The van der Waals surface area contributed by atoms with Gasteiger partial charge < -0.3 is 19.8 Å². The molecule has 0 amide bonds. The first-order valence-corrected chi connectivity index (χ1v) is 41.6. The van der Waals surface area contributed by atoms with E-state index in [9.17, 15) is 111 Å². The van der Waals surface area contributed by atoms with Crippen molar-refractivity contribution < 1.29 is 124 Å². The number of carbonyl (C=O) groups is 3. The molecule has 0 unspecified atom stereocenters. The third-order valence-corrected chi connectivity index (χ3v) is 22.2. The van der Waals surface area contributed by atoms with Crippen molar-refractivity contribution in [1.82, 2.24) is 10.6 Å². The van der Waals surface area contributed by atoms with Crippen molar-refractivity contribution >= 4 is 91.8 Å². The lowest BCUT2D eigenvalue weighted by molar-refractivity contribution is -0.200. The molecule has 4 N–H and O–H groups in total.